The van der Waals surface area contributed by atoms with Gasteiger partial charge in [0.15, 0.2) is 0 Å². The Labute approximate surface area is 78.1 Å². The quantitative estimate of drug-likeness (QED) is 0.386. The molecule has 0 rings (SSSR count). The van der Waals surface area contributed by atoms with Gasteiger partial charge in [0.1, 0.15) is 0 Å². The van der Waals surface area contributed by atoms with E-state index in [4.69, 9.17) is 0 Å². The highest BCUT2D eigenvalue weighted by molar-refractivity contribution is 4.80. The summed E-state index contributed by atoms with van der Waals surface area (Å²) in [6, 6.07) is 0. The van der Waals surface area contributed by atoms with E-state index in [1.165, 1.54) is 38.5 Å². The van der Waals surface area contributed by atoms with Crippen LogP contribution in [0.15, 0.2) is 12.2 Å². The molecule has 0 aromatic heterocycles. The zero-order chi connectivity index (χ0) is 9.23. The van der Waals surface area contributed by atoms with E-state index in [0.29, 0.717) is 0 Å². The Balaban J connectivity index is 3.09. The Kier molecular flexibility index (Phi) is 8.64. The normalized spacial score (nSPS) is 13.9. The summed E-state index contributed by atoms with van der Waals surface area (Å²) in [6.07, 6.45) is 12.6. The fourth-order valence-electron chi connectivity index (χ4n) is 1.19. The second-order valence-electron chi connectivity index (χ2n) is 3.70. The summed E-state index contributed by atoms with van der Waals surface area (Å²) in [5.74, 6) is 0.921. The highest BCUT2D eigenvalue weighted by atomic mass is 14.0. The summed E-state index contributed by atoms with van der Waals surface area (Å²) >= 11 is 0. The monoisotopic (exact) mass is 168 g/mol. The molecule has 0 fully saturated rings. The largest absolute Gasteiger partial charge is 0.0885 e. The van der Waals surface area contributed by atoms with Gasteiger partial charge in [0.05, 0.1) is 0 Å². The van der Waals surface area contributed by atoms with E-state index in [2.05, 4.69) is 32.9 Å². The molecule has 72 valence electrons. The molecule has 0 radical (unpaired) electrons. The van der Waals surface area contributed by atoms with E-state index in [9.17, 15) is 0 Å². The molecule has 0 nitrogen and oxygen atoms in total. The third-order valence-corrected chi connectivity index (χ3v) is 2.39. The van der Waals surface area contributed by atoms with E-state index >= 15 is 0 Å². The van der Waals surface area contributed by atoms with Gasteiger partial charge in [0.2, 0.25) is 0 Å². The van der Waals surface area contributed by atoms with Gasteiger partial charge in [0.25, 0.3) is 0 Å². The van der Waals surface area contributed by atoms with Crippen molar-refractivity contribution in [2.45, 2.75) is 59.3 Å². The third-order valence-electron chi connectivity index (χ3n) is 2.39. The van der Waals surface area contributed by atoms with Crippen LogP contribution in [-0.4, -0.2) is 0 Å². The van der Waals surface area contributed by atoms with Crippen molar-refractivity contribution in [2.24, 2.45) is 5.92 Å². The van der Waals surface area contributed by atoms with Crippen LogP contribution in [0.1, 0.15) is 59.3 Å². The zero-order valence-electron chi connectivity index (χ0n) is 8.97. The van der Waals surface area contributed by atoms with E-state index in [1.54, 1.807) is 0 Å². The van der Waals surface area contributed by atoms with E-state index < -0.39 is 0 Å². The van der Waals surface area contributed by atoms with Crippen LogP contribution in [0.5, 0.6) is 0 Å². The first-order chi connectivity index (χ1) is 5.81. The van der Waals surface area contributed by atoms with E-state index in [0.717, 1.165) is 5.92 Å². The zero-order valence-corrected chi connectivity index (χ0v) is 8.97. The average molecular weight is 168 g/mol. The maximum Gasteiger partial charge on any atom is -0.0351 e. The van der Waals surface area contributed by atoms with Crippen molar-refractivity contribution in [3.63, 3.8) is 0 Å². The van der Waals surface area contributed by atoms with Crippen molar-refractivity contribution in [1.82, 2.24) is 0 Å². The lowest BCUT2D eigenvalue weighted by Gasteiger charge is -2.05. The maximum atomic E-state index is 2.34. The van der Waals surface area contributed by atoms with Gasteiger partial charge in [-0.2, -0.15) is 0 Å². The van der Waals surface area contributed by atoms with Crippen molar-refractivity contribution in [1.29, 1.82) is 0 Å². The van der Waals surface area contributed by atoms with Crippen molar-refractivity contribution in [3.8, 4) is 0 Å². The molecule has 0 saturated heterocycles. The minimum Gasteiger partial charge on any atom is -0.0885 e. The molecule has 0 aromatic rings. The summed E-state index contributed by atoms with van der Waals surface area (Å²) in [6.45, 7) is 6.84. The Bertz CT molecular complexity index is 103. The second-order valence-corrected chi connectivity index (χ2v) is 3.70. The topological polar surface area (TPSA) is 0 Å². The second kappa shape index (κ2) is 8.83. The lowest BCUT2D eigenvalue weighted by Crippen LogP contribution is -1.90. The van der Waals surface area contributed by atoms with Gasteiger partial charge in [0, 0.05) is 0 Å². The van der Waals surface area contributed by atoms with Crippen LogP contribution in [0, 0.1) is 5.92 Å². The summed E-state index contributed by atoms with van der Waals surface area (Å²) in [4.78, 5) is 0. The number of unbranched alkanes of at least 4 members (excludes halogenated alkanes) is 2. The van der Waals surface area contributed by atoms with E-state index in [1.807, 2.05) is 0 Å². The standard InChI is InChI=1S/C12H24/c1-4-6-7-8-9-10-11-12(3)5-2/h7-8,12H,4-6,9-11H2,1-3H3/b8-7-. The van der Waals surface area contributed by atoms with E-state index in [-0.39, 0.29) is 0 Å². The predicted octanol–water partition coefficient (Wildman–Crippen LogP) is 4.56. The number of allylic oxidation sites excluding steroid dienone is 2. The summed E-state index contributed by atoms with van der Waals surface area (Å²) in [5.41, 5.74) is 0. The molecule has 0 aliphatic carbocycles. The first kappa shape index (κ1) is 11.7. The Morgan fingerprint density at radius 3 is 2.33 bits per heavy atom. The summed E-state index contributed by atoms with van der Waals surface area (Å²) in [7, 11) is 0. The van der Waals surface area contributed by atoms with Gasteiger partial charge in [-0.15, -0.1) is 0 Å². The van der Waals surface area contributed by atoms with Gasteiger partial charge in [-0.3, -0.25) is 0 Å². The van der Waals surface area contributed by atoms with Gasteiger partial charge in [-0.1, -0.05) is 52.2 Å². The van der Waals surface area contributed by atoms with Crippen LogP contribution >= 0.6 is 0 Å². The minimum absolute atomic E-state index is 0.921. The molecule has 0 spiro atoms. The number of hydrogen-bond acceptors (Lipinski definition) is 0. The SMILES string of the molecule is CCC/C=C\CCCC(C)CC. The Morgan fingerprint density at radius 2 is 1.75 bits per heavy atom. The molecule has 0 aliphatic heterocycles. The molecule has 0 heteroatoms. The Hall–Kier alpha value is -0.260. The molecule has 0 saturated carbocycles. The summed E-state index contributed by atoms with van der Waals surface area (Å²) < 4.78 is 0. The number of hydrogen-bond donors (Lipinski definition) is 0. The van der Waals surface area contributed by atoms with Gasteiger partial charge in [-0.25, -0.2) is 0 Å². The lowest BCUT2D eigenvalue weighted by atomic mass is 10.0. The molecule has 0 aromatic carbocycles. The van der Waals surface area contributed by atoms with Gasteiger partial charge in [-0.05, 0) is 25.2 Å². The van der Waals surface area contributed by atoms with Crippen molar-refractivity contribution >= 4 is 0 Å². The molecule has 1 unspecified atom stereocenters. The smallest absolute Gasteiger partial charge is 0.0351 e. The van der Waals surface area contributed by atoms with Crippen LogP contribution in [0.4, 0.5) is 0 Å². The van der Waals surface area contributed by atoms with Crippen LogP contribution in [0.25, 0.3) is 0 Å². The van der Waals surface area contributed by atoms with Crippen LogP contribution in [-0.2, 0) is 0 Å². The molecule has 12 heavy (non-hydrogen) atoms. The predicted molar refractivity (Wildman–Crippen MR) is 57.4 cm³/mol. The van der Waals surface area contributed by atoms with Gasteiger partial charge >= 0.3 is 0 Å². The highest BCUT2D eigenvalue weighted by Gasteiger charge is 1.95. The molecule has 0 heterocycles. The third kappa shape index (κ3) is 7.84. The molecule has 0 bridgehead atoms. The van der Waals surface area contributed by atoms with Gasteiger partial charge < -0.3 is 0 Å². The molecule has 1 atom stereocenters. The average Bonchev–Trinajstić information content (AvgIpc) is 2.10. The highest BCUT2D eigenvalue weighted by Crippen LogP contribution is 2.11. The maximum absolute atomic E-state index is 2.34. The van der Waals surface area contributed by atoms with Crippen molar-refractivity contribution < 1.29 is 0 Å². The molecule has 0 aliphatic rings. The van der Waals surface area contributed by atoms with Crippen molar-refractivity contribution in [3.05, 3.63) is 12.2 Å². The summed E-state index contributed by atoms with van der Waals surface area (Å²) in [5, 5.41) is 0. The Morgan fingerprint density at radius 1 is 1.08 bits per heavy atom. The first-order valence-corrected chi connectivity index (χ1v) is 5.46. The first-order valence-electron chi connectivity index (χ1n) is 5.46. The minimum atomic E-state index is 0.921. The lowest BCUT2D eigenvalue weighted by molar-refractivity contribution is 0.498. The molecular formula is C12H24. The molecule has 0 N–H and O–H groups in total. The van der Waals surface area contributed by atoms with Crippen LogP contribution in [0.3, 0.4) is 0 Å². The fraction of sp³-hybridized carbons (Fsp3) is 0.833. The fourth-order valence-corrected chi connectivity index (χ4v) is 1.19. The number of rotatable bonds is 7. The molecular weight excluding hydrogens is 144 g/mol. The van der Waals surface area contributed by atoms with Crippen molar-refractivity contribution in [2.75, 3.05) is 0 Å². The molecule has 0 amide bonds. The van der Waals surface area contributed by atoms with Crippen LogP contribution < -0.4 is 0 Å². The van der Waals surface area contributed by atoms with Crippen LogP contribution in [0.2, 0.25) is 0 Å².